The Bertz CT molecular complexity index is 980. The highest BCUT2D eigenvalue weighted by atomic mass is 32.2. The number of hydrogen-bond acceptors (Lipinski definition) is 6. The van der Waals surface area contributed by atoms with E-state index >= 15 is 8.78 Å². The van der Waals surface area contributed by atoms with Crippen LogP contribution in [0, 0.1) is 22.7 Å². The minimum Gasteiger partial charge on any atom is -0.390 e. The number of ether oxygens (including phenoxy) is 2. The second-order valence-corrected chi connectivity index (χ2v) is 12.4. The van der Waals surface area contributed by atoms with Crippen molar-refractivity contribution in [3.63, 3.8) is 0 Å². The van der Waals surface area contributed by atoms with Crippen LogP contribution in [-0.4, -0.2) is 57.2 Å². The molecule has 0 aromatic carbocycles. The normalized spacial score (nSPS) is 51.9. The number of thioether (sulfide) groups is 1. The van der Waals surface area contributed by atoms with Crippen LogP contribution in [0.2, 0.25) is 0 Å². The van der Waals surface area contributed by atoms with Crippen LogP contribution in [0.5, 0.6) is 0 Å². The van der Waals surface area contributed by atoms with Crippen molar-refractivity contribution in [3.05, 3.63) is 23.8 Å². The number of fused-ring (bicyclic) bond motifs is 7. The molecule has 4 aliphatic carbocycles. The lowest BCUT2D eigenvalue weighted by atomic mass is 9.44. The highest BCUT2D eigenvalue weighted by Gasteiger charge is 2.80. The molecule has 4 fully saturated rings. The first-order valence-electron chi connectivity index (χ1n) is 11.8. The van der Waals surface area contributed by atoms with E-state index in [1.54, 1.807) is 20.8 Å². The molecule has 3 saturated carbocycles. The molecule has 0 radical (unpaired) electrons. The van der Waals surface area contributed by atoms with E-state index in [0.29, 0.717) is 12.2 Å². The summed E-state index contributed by atoms with van der Waals surface area (Å²) >= 11 is 1.15. The van der Waals surface area contributed by atoms with Gasteiger partial charge in [-0.1, -0.05) is 31.7 Å². The summed E-state index contributed by atoms with van der Waals surface area (Å²) in [6, 6.07) is 0. The quantitative estimate of drug-likeness (QED) is 0.639. The molecule has 0 amide bonds. The van der Waals surface area contributed by atoms with Crippen molar-refractivity contribution in [2.75, 3.05) is 5.75 Å². The average Bonchev–Trinajstić information content (AvgIpc) is 3.13. The number of carbonyl (C=O) groups excluding carboxylic acids is 2. The van der Waals surface area contributed by atoms with E-state index in [-0.39, 0.29) is 29.3 Å². The number of ketones is 1. The lowest BCUT2D eigenvalue weighted by molar-refractivity contribution is -0.246. The van der Waals surface area contributed by atoms with Crippen LogP contribution >= 0.6 is 11.8 Å². The first-order valence-corrected chi connectivity index (χ1v) is 12.8. The number of aliphatic hydroxyl groups is 1. The first kappa shape index (κ1) is 23.6. The zero-order chi connectivity index (χ0) is 24.2. The first-order chi connectivity index (χ1) is 15.3. The highest BCUT2D eigenvalue weighted by Crippen LogP contribution is 2.72. The average molecular weight is 483 g/mol. The predicted octanol–water partition coefficient (Wildman–Crippen LogP) is 4.09. The molecule has 0 unspecified atom stereocenters. The van der Waals surface area contributed by atoms with E-state index in [4.69, 9.17) is 9.47 Å². The van der Waals surface area contributed by atoms with Crippen LogP contribution in [0.1, 0.15) is 53.9 Å². The molecule has 5 aliphatic rings. The lowest BCUT2D eigenvalue weighted by Crippen LogP contribution is -2.70. The number of alkyl halides is 2. The molecule has 1 aliphatic heterocycles. The van der Waals surface area contributed by atoms with Crippen molar-refractivity contribution in [1.29, 1.82) is 0 Å². The van der Waals surface area contributed by atoms with Crippen LogP contribution in [0.15, 0.2) is 23.8 Å². The third-order valence-electron chi connectivity index (χ3n) is 9.20. The van der Waals surface area contributed by atoms with Gasteiger partial charge >= 0.3 is 0 Å². The number of allylic oxidation sites excluding steroid dienone is 4. The third kappa shape index (κ3) is 2.69. The number of carbonyl (C=O) groups is 2. The molecule has 33 heavy (non-hydrogen) atoms. The van der Waals surface area contributed by atoms with Crippen LogP contribution in [-0.2, 0) is 19.1 Å². The van der Waals surface area contributed by atoms with E-state index in [9.17, 15) is 14.7 Å². The Morgan fingerprint density at radius 2 is 1.94 bits per heavy atom. The zero-order valence-corrected chi connectivity index (χ0v) is 20.5. The molecule has 0 aromatic heterocycles. The van der Waals surface area contributed by atoms with Crippen LogP contribution in [0.3, 0.4) is 0 Å². The zero-order valence-electron chi connectivity index (χ0n) is 19.7. The minimum atomic E-state index is -2.18. The molecule has 1 N–H and O–H groups in total. The fourth-order valence-electron chi connectivity index (χ4n) is 7.89. The van der Waals surface area contributed by atoms with Crippen LogP contribution < -0.4 is 0 Å². The summed E-state index contributed by atoms with van der Waals surface area (Å²) in [6.45, 7) is 8.85. The number of hydrogen-bond donors (Lipinski definition) is 1. The molecule has 1 saturated heterocycles. The monoisotopic (exact) mass is 482 g/mol. The van der Waals surface area contributed by atoms with Crippen LogP contribution in [0.25, 0.3) is 0 Å². The Hall–Kier alpha value is -1.09. The second-order valence-electron chi connectivity index (χ2n) is 11.2. The van der Waals surface area contributed by atoms with Gasteiger partial charge in [-0.05, 0) is 69.4 Å². The maximum absolute atomic E-state index is 17.3. The largest absolute Gasteiger partial charge is 0.390 e. The Morgan fingerprint density at radius 3 is 2.61 bits per heavy atom. The standard InChI is InChI=1S/C25H32F2O5S/c1-6-33-20(30)25-19(31-21(2,3)32-25)11-14-15-10-17(26)16-9-13(28)7-8-22(16,4)24(15,27)18(29)12-23(14,25)5/h7-9,14-15,17-19,29H,6,10-12H2,1-5H3/t14-,15-,17-,18-,19+,22-,23-,24-,25-/m0/s1. The van der Waals surface area contributed by atoms with Crippen molar-refractivity contribution in [2.24, 2.45) is 22.7 Å². The summed E-state index contributed by atoms with van der Waals surface area (Å²) in [7, 11) is 0. The summed E-state index contributed by atoms with van der Waals surface area (Å²) < 4.78 is 45.4. The maximum atomic E-state index is 17.3. The number of aliphatic hydroxyl groups excluding tert-OH is 1. The van der Waals surface area contributed by atoms with Gasteiger partial charge in [-0.25, -0.2) is 8.78 Å². The molecule has 8 heteroatoms. The molecular weight excluding hydrogens is 450 g/mol. The van der Waals surface area contributed by atoms with Gasteiger partial charge in [-0.3, -0.25) is 9.59 Å². The van der Waals surface area contributed by atoms with Gasteiger partial charge in [0.1, 0.15) is 6.17 Å². The van der Waals surface area contributed by atoms with Gasteiger partial charge in [-0.15, -0.1) is 0 Å². The fraction of sp³-hybridized carbons (Fsp3) is 0.760. The molecule has 5 rings (SSSR count). The molecule has 1 heterocycles. The summed E-state index contributed by atoms with van der Waals surface area (Å²) in [5.41, 5.74) is -5.81. The van der Waals surface area contributed by atoms with E-state index in [1.807, 2.05) is 13.8 Å². The molecule has 5 nitrogen and oxygen atoms in total. The molecule has 0 spiro atoms. The number of halogens is 2. The summed E-state index contributed by atoms with van der Waals surface area (Å²) in [5.74, 6) is -2.12. The molecule has 0 bridgehead atoms. The Balaban J connectivity index is 1.65. The molecule has 9 atom stereocenters. The summed E-state index contributed by atoms with van der Waals surface area (Å²) in [6.07, 6.45) is 0.474. The van der Waals surface area contributed by atoms with Crippen molar-refractivity contribution >= 4 is 22.7 Å². The Morgan fingerprint density at radius 1 is 1.24 bits per heavy atom. The van der Waals surface area contributed by atoms with Gasteiger partial charge in [0.25, 0.3) is 0 Å². The Labute approximate surface area is 197 Å². The van der Waals surface area contributed by atoms with Crippen molar-refractivity contribution in [3.8, 4) is 0 Å². The van der Waals surface area contributed by atoms with E-state index < -0.39 is 58.1 Å². The summed E-state index contributed by atoms with van der Waals surface area (Å²) in [4.78, 5) is 25.6. The molecule has 0 aromatic rings. The van der Waals surface area contributed by atoms with Gasteiger partial charge in [0.05, 0.1) is 12.2 Å². The fourth-order valence-corrected chi connectivity index (χ4v) is 8.77. The van der Waals surface area contributed by atoms with E-state index in [0.717, 1.165) is 11.8 Å². The minimum absolute atomic E-state index is 0.0156. The SMILES string of the molecule is CCSC(=O)[C@@]12OC(C)(C)O[C@@H]1C[C@H]1[C@@H]3C[C@H](F)C4=CC(=O)C=C[C@]4(C)[C@@]3(F)[C@@H](O)C[C@@]12C. The highest BCUT2D eigenvalue weighted by molar-refractivity contribution is 8.13. The van der Waals surface area contributed by atoms with Gasteiger partial charge in [0.15, 0.2) is 22.8 Å². The third-order valence-corrected chi connectivity index (χ3v) is 10.1. The van der Waals surface area contributed by atoms with Gasteiger partial charge < -0.3 is 14.6 Å². The van der Waals surface area contributed by atoms with Crippen molar-refractivity contribution < 1.29 is 33.0 Å². The number of rotatable bonds is 2. The van der Waals surface area contributed by atoms with Crippen molar-refractivity contribution in [1.82, 2.24) is 0 Å². The molecular formula is C25H32F2O5S. The second kappa shape index (κ2) is 6.99. The van der Waals surface area contributed by atoms with Gasteiger partial charge in [-0.2, -0.15) is 0 Å². The van der Waals surface area contributed by atoms with Gasteiger partial charge in [0, 0.05) is 16.7 Å². The topological polar surface area (TPSA) is 72.8 Å². The Kier molecular flexibility index (Phi) is 5.01. The molecule has 182 valence electrons. The van der Waals surface area contributed by atoms with E-state index in [2.05, 4.69) is 0 Å². The maximum Gasteiger partial charge on any atom is 0.224 e. The smallest absolute Gasteiger partial charge is 0.224 e. The predicted molar refractivity (Wildman–Crippen MR) is 120 cm³/mol. The van der Waals surface area contributed by atoms with Gasteiger partial charge in [0.2, 0.25) is 5.12 Å². The van der Waals surface area contributed by atoms with Crippen molar-refractivity contribution in [2.45, 2.75) is 89.3 Å². The van der Waals surface area contributed by atoms with Crippen LogP contribution in [0.4, 0.5) is 8.78 Å². The summed E-state index contributed by atoms with van der Waals surface area (Å²) in [5, 5.41) is 11.3. The van der Waals surface area contributed by atoms with E-state index in [1.165, 1.54) is 18.2 Å². The lowest BCUT2D eigenvalue weighted by Gasteiger charge is -2.63.